The molecule has 0 aliphatic rings. The van der Waals surface area contributed by atoms with Gasteiger partial charge >= 0.3 is 0 Å². The molecule has 0 radical (unpaired) electrons. The first-order chi connectivity index (χ1) is 5.78. The van der Waals surface area contributed by atoms with Crippen molar-refractivity contribution < 1.29 is 5.11 Å². The normalized spacial score (nSPS) is 12.8. The van der Waals surface area contributed by atoms with Crippen LogP contribution in [0, 0.1) is 0 Å². The van der Waals surface area contributed by atoms with E-state index >= 15 is 0 Å². The second-order valence-electron chi connectivity index (χ2n) is 2.40. The second-order valence-corrected chi connectivity index (χ2v) is 2.40. The van der Waals surface area contributed by atoms with Gasteiger partial charge in [0.25, 0.3) is 0 Å². The van der Waals surface area contributed by atoms with E-state index < -0.39 is 0 Å². The zero-order valence-corrected chi connectivity index (χ0v) is 7.59. The Morgan fingerprint density at radius 3 is 2.00 bits per heavy atom. The van der Waals surface area contributed by atoms with Gasteiger partial charge in [-0.25, -0.2) is 0 Å². The maximum Gasteiger partial charge on any atom is 0.0681 e. The maximum absolute atomic E-state index is 8.79. The summed E-state index contributed by atoms with van der Waals surface area (Å²) < 4.78 is 0. The maximum atomic E-state index is 8.79. The Hall–Kier alpha value is -1.08. The summed E-state index contributed by atoms with van der Waals surface area (Å²) in [6.07, 6.45) is 8.21. The van der Waals surface area contributed by atoms with Crippen LogP contribution in [-0.4, -0.2) is 11.7 Å². The number of hydrogen-bond donors (Lipinski definition) is 1. The number of aliphatic hydroxyl groups is 1. The molecule has 12 heavy (non-hydrogen) atoms. The highest BCUT2D eigenvalue weighted by atomic mass is 16.3. The summed E-state index contributed by atoms with van der Waals surface area (Å²) in [6.45, 7) is 9.35. The summed E-state index contributed by atoms with van der Waals surface area (Å²) in [5.41, 5.74) is 1.98. The SMILES string of the molecule is C=C/C(=C\C=C(/C=C)CO)CC. The van der Waals surface area contributed by atoms with E-state index in [2.05, 4.69) is 20.1 Å². The molecular formula is C11H16O. The minimum absolute atomic E-state index is 0.0359. The molecule has 0 amide bonds. The van der Waals surface area contributed by atoms with Crippen molar-refractivity contribution in [2.24, 2.45) is 0 Å². The third kappa shape index (κ3) is 3.94. The van der Waals surface area contributed by atoms with Crippen LogP contribution >= 0.6 is 0 Å². The van der Waals surface area contributed by atoms with Crippen LogP contribution in [0.1, 0.15) is 13.3 Å². The number of hydrogen-bond acceptors (Lipinski definition) is 1. The average molecular weight is 164 g/mol. The van der Waals surface area contributed by atoms with E-state index in [9.17, 15) is 0 Å². The van der Waals surface area contributed by atoms with Crippen molar-refractivity contribution in [1.29, 1.82) is 0 Å². The zero-order valence-electron chi connectivity index (χ0n) is 7.59. The number of aliphatic hydroxyl groups excluding tert-OH is 1. The lowest BCUT2D eigenvalue weighted by atomic mass is 10.1. The minimum atomic E-state index is 0.0359. The molecule has 1 heteroatoms. The van der Waals surface area contributed by atoms with E-state index in [1.54, 1.807) is 6.08 Å². The lowest BCUT2D eigenvalue weighted by Crippen LogP contribution is -1.84. The van der Waals surface area contributed by atoms with Gasteiger partial charge in [-0.3, -0.25) is 0 Å². The van der Waals surface area contributed by atoms with E-state index in [0.29, 0.717) is 0 Å². The highest BCUT2D eigenvalue weighted by molar-refractivity contribution is 5.28. The highest BCUT2D eigenvalue weighted by Gasteiger charge is 1.86. The summed E-state index contributed by atoms with van der Waals surface area (Å²) in [6, 6.07) is 0. The van der Waals surface area contributed by atoms with Crippen LogP contribution < -0.4 is 0 Å². The highest BCUT2D eigenvalue weighted by Crippen LogP contribution is 2.03. The molecule has 0 aromatic carbocycles. The molecule has 66 valence electrons. The van der Waals surface area contributed by atoms with Gasteiger partial charge in [-0.15, -0.1) is 0 Å². The molecule has 1 nitrogen and oxygen atoms in total. The molecule has 1 N–H and O–H groups in total. The van der Waals surface area contributed by atoms with Gasteiger partial charge in [0.15, 0.2) is 0 Å². The first-order valence-corrected chi connectivity index (χ1v) is 4.03. The van der Waals surface area contributed by atoms with Gasteiger partial charge in [-0.2, -0.15) is 0 Å². The topological polar surface area (TPSA) is 20.2 Å². The van der Waals surface area contributed by atoms with Crippen LogP contribution in [-0.2, 0) is 0 Å². The van der Waals surface area contributed by atoms with E-state index in [-0.39, 0.29) is 6.61 Å². The third-order valence-electron chi connectivity index (χ3n) is 1.63. The van der Waals surface area contributed by atoms with E-state index in [1.807, 2.05) is 18.2 Å². The van der Waals surface area contributed by atoms with Crippen LogP contribution in [0.5, 0.6) is 0 Å². The lowest BCUT2D eigenvalue weighted by molar-refractivity contribution is 0.335. The Balaban J connectivity index is 4.40. The summed E-state index contributed by atoms with van der Waals surface area (Å²) >= 11 is 0. The van der Waals surface area contributed by atoms with Crippen LogP contribution in [0.25, 0.3) is 0 Å². The lowest BCUT2D eigenvalue weighted by Gasteiger charge is -1.94. The fourth-order valence-corrected chi connectivity index (χ4v) is 0.730. The summed E-state index contributed by atoms with van der Waals surface area (Å²) in [7, 11) is 0. The fraction of sp³-hybridized carbons (Fsp3) is 0.273. The average Bonchev–Trinajstić information content (AvgIpc) is 2.13. The fourth-order valence-electron chi connectivity index (χ4n) is 0.730. The monoisotopic (exact) mass is 164 g/mol. The van der Waals surface area contributed by atoms with Gasteiger partial charge in [-0.05, 0) is 17.6 Å². The van der Waals surface area contributed by atoms with Crippen molar-refractivity contribution in [3.63, 3.8) is 0 Å². The smallest absolute Gasteiger partial charge is 0.0681 e. The molecule has 0 heterocycles. The molecule has 0 unspecified atom stereocenters. The van der Waals surface area contributed by atoms with Crippen molar-refractivity contribution in [2.45, 2.75) is 13.3 Å². The minimum Gasteiger partial charge on any atom is -0.392 e. The molecule has 0 spiro atoms. The standard InChI is InChI=1S/C11H16O/c1-4-10(5-2)7-8-11(6-3)9-12/h4,6-8,12H,1,3,5,9H2,2H3/b10-7+,11-8+. The number of rotatable bonds is 5. The molecule has 0 aromatic heterocycles. The van der Waals surface area contributed by atoms with E-state index in [4.69, 9.17) is 5.11 Å². The largest absolute Gasteiger partial charge is 0.392 e. The molecule has 0 atom stereocenters. The Kier molecular flexibility index (Phi) is 6.02. The Morgan fingerprint density at radius 2 is 1.67 bits per heavy atom. The quantitative estimate of drug-likeness (QED) is 0.619. The molecule has 0 saturated heterocycles. The Bertz CT molecular complexity index is 185. The third-order valence-corrected chi connectivity index (χ3v) is 1.63. The van der Waals surface area contributed by atoms with Crippen molar-refractivity contribution in [2.75, 3.05) is 6.61 Å². The first kappa shape index (κ1) is 10.9. The molecule has 0 saturated carbocycles. The molecule has 0 rings (SSSR count). The molecular weight excluding hydrogens is 148 g/mol. The van der Waals surface area contributed by atoms with Crippen molar-refractivity contribution in [3.8, 4) is 0 Å². The van der Waals surface area contributed by atoms with Crippen molar-refractivity contribution in [3.05, 3.63) is 48.6 Å². The summed E-state index contributed by atoms with van der Waals surface area (Å²) in [5, 5.41) is 8.79. The molecule has 0 aliphatic carbocycles. The van der Waals surface area contributed by atoms with Gasteiger partial charge in [0, 0.05) is 0 Å². The predicted octanol–water partition coefficient (Wildman–Crippen LogP) is 2.61. The summed E-state index contributed by atoms with van der Waals surface area (Å²) in [5.74, 6) is 0. The van der Waals surface area contributed by atoms with Crippen molar-refractivity contribution >= 4 is 0 Å². The molecule has 0 bridgehead atoms. The van der Waals surface area contributed by atoms with Gasteiger partial charge in [0.2, 0.25) is 0 Å². The Morgan fingerprint density at radius 1 is 1.17 bits per heavy atom. The Labute approximate surface area is 74.4 Å². The van der Waals surface area contributed by atoms with Crippen LogP contribution in [0.2, 0.25) is 0 Å². The van der Waals surface area contributed by atoms with Gasteiger partial charge in [-0.1, -0.05) is 44.4 Å². The van der Waals surface area contributed by atoms with Gasteiger partial charge in [0.05, 0.1) is 6.61 Å². The first-order valence-electron chi connectivity index (χ1n) is 4.03. The van der Waals surface area contributed by atoms with Crippen LogP contribution in [0.4, 0.5) is 0 Å². The molecule has 0 aromatic rings. The molecule has 0 fully saturated rings. The van der Waals surface area contributed by atoms with Crippen molar-refractivity contribution in [1.82, 2.24) is 0 Å². The van der Waals surface area contributed by atoms with E-state index in [0.717, 1.165) is 17.6 Å². The summed E-state index contributed by atoms with van der Waals surface area (Å²) in [4.78, 5) is 0. The molecule has 0 aliphatic heterocycles. The predicted molar refractivity (Wildman–Crippen MR) is 53.9 cm³/mol. The number of allylic oxidation sites excluding steroid dienone is 4. The zero-order chi connectivity index (χ0) is 9.40. The van der Waals surface area contributed by atoms with Crippen LogP contribution in [0.3, 0.4) is 0 Å². The van der Waals surface area contributed by atoms with Crippen LogP contribution in [0.15, 0.2) is 48.6 Å². The van der Waals surface area contributed by atoms with E-state index in [1.165, 1.54) is 0 Å². The van der Waals surface area contributed by atoms with Gasteiger partial charge < -0.3 is 5.11 Å². The second kappa shape index (κ2) is 6.62. The van der Waals surface area contributed by atoms with Gasteiger partial charge in [0.1, 0.15) is 0 Å².